The molecule has 1 aliphatic rings. The third-order valence-corrected chi connectivity index (χ3v) is 3.38. The maximum Gasteiger partial charge on any atom is 0.407 e. The molecule has 0 saturated carbocycles. The molecule has 0 bridgehead atoms. The molecule has 0 unspecified atom stereocenters. The van der Waals surface area contributed by atoms with E-state index in [-0.39, 0.29) is 12.1 Å². The molecule has 0 aromatic rings. The molecule has 3 amide bonds. The third kappa shape index (κ3) is 8.64. The van der Waals surface area contributed by atoms with Crippen molar-refractivity contribution in [2.24, 2.45) is 0 Å². The van der Waals surface area contributed by atoms with Crippen LogP contribution in [-0.2, 0) is 9.47 Å². The zero-order valence-electron chi connectivity index (χ0n) is 14.8. The minimum Gasteiger partial charge on any atom is -0.444 e. The van der Waals surface area contributed by atoms with Crippen molar-refractivity contribution >= 4 is 12.1 Å². The molecule has 134 valence electrons. The highest BCUT2D eigenvalue weighted by Crippen LogP contribution is 2.12. The Morgan fingerprint density at radius 3 is 2.70 bits per heavy atom. The van der Waals surface area contributed by atoms with Crippen LogP contribution in [0.4, 0.5) is 9.59 Å². The molecule has 23 heavy (non-hydrogen) atoms. The average molecular weight is 329 g/mol. The predicted molar refractivity (Wildman–Crippen MR) is 88.5 cm³/mol. The number of ether oxygens (including phenoxy) is 2. The normalized spacial score (nSPS) is 18.4. The molecule has 7 nitrogen and oxygen atoms in total. The summed E-state index contributed by atoms with van der Waals surface area (Å²) in [6.45, 7) is 10.6. The first-order chi connectivity index (χ1) is 10.8. The smallest absolute Gasteiger partial charge is 0.407 e. The van der Waals surface area contributed by atoms with E-state index in [9.17, 15) is 9.59 Å². The van der Waals surface area contributed by atoms with Crippen LogP contribution in [0.5, 0.6) is 0 Å². The Hall–Kier alpha value is -1.50. The number of hydrogen-bond donors (Lipinski definition) is 2. The number of likely N-dealkylation sites (tertiary alicyclic amines) is 1. The van der Waals surface area contributed by atoms with Gasteiger partial charge in [-0.2, -0.15) is 0 Å². The molecule has 0 aromatic heterocycles. The van der Waals surface area contributed by atoms with Crippen molar-refractivity contribution in [1.82, 2.24) is 15.5 Å². The quantitative estimate of drug-likeness (QED) is 0.732. The van der Waals surface area contributed by atoms with E-state index >= 15 is 0 Å². The van der Waals surface area contributed by atoms with E-state index < -0.39 is 11.7 Å². The number of alkyl carbamates (subject to hydrolysis) is 1. The highest BCUT2D eigenvalue weighted by Gasteiger charge is 2.26. The summed E-state index contributed by atoms with van der Waals surface area (Å²) in [5, 5.41) is 5.73. The second-order valence-electron chi connectivity index (χ2n) is 6.71. The fourth-order valence-corrected chi connectivity index (χ4v) is 2.38. The average Bonchev–Trinajstić information content (AvgIpc) is 2.45. The van der Waals surface area contributed by atoms with Gasteiger partial charge in [-0.1, -0.05) is 0 Å². The van der Waals surface area contributed by atoms with Crippen LogP contribution in [0.25, 0.3) is 0 Å². The number of rotatable bonds is 6. The number of amides is 3. The van der Waals surface area contributed by atoms with Crippen molar-refractivity contribution in [3.63, 3.8) is 0 Å². The molecule has 1 heterocycles. The summed E-state index contributed by atoms with van der Waals surface area (Å²) >= 11 is 0. The van der Waals surface area contributed by atoms with Crippen molar-refractivity contribution in [2.75, 3.05) is 32.8 Å². The summed E-state index contributed by atoms with van der Waals surface area (Å²) in [6, 6.07) is -0.148. The molecular weight excluding hydrogens is 298 g/mol. The lowest BCUT2D eigenvalue weighted by Gasteiger charge is -2.33. The lowest BCUT2D eigenvalue weighted by molar-refractivity contribution is 0.0479. The van der Waals surface area contributed by atoms with Gasteiger partial charge in [-0.25, -0.2) is 9.59 Å². The topological polar surface area (TPSA) is 79.9 Å². The van der Waals surface area contributed by atoms with Gasteiger partial charge in [0.25, 0.3) is 0 Å². The number of carbonyl (C=O) groups excluding carboxylic acids is 2. The monoisotopic (exact) mass is 329 g/mol. The molecular formula is C16H31N3O4. The highest BCUT2D eigenvalue weighted by molar-refractivity contribution is 5.74. The molecule has 0 radical (unpaired) electrons. The minimum atomic E-state index is -0.517. The first kappa shape index (κ1) is 19.5. The summed E-state index contributed by atoms with van der Waals surface area (Å²) in [5.41, 5.74) is -0.517. The maximum atomic E-state index is 12.1. The van der Waals surface area contributed by atoms with Gasteiger partial charge in [-0.05, 0) is 47.0 Å². The molecule has 1 rings (SSSR count). The van der Waals surface area contributed by atoms with Crippen LogP contribution < -0.4 is 10.6 Å². The van der Waals surface area contributed by atoms with Crippen LogP contribution in [0.15, 0.2) is 0 Å². The minimum absolute atomic E-state index is 0.0622. The first-order valence-corrected chi connectivity index (χ1v) is 8.42. The Labute approximate surface area is 139 Å². The molecule has 0 aliphatic carbocycles. The zero-order chi connectivity index (χ0) is 17.3. The Morgan fingerprint density at radius 1 is 1.30 bits per heavy atom. The van der Waals surface area contributed by atoms with E-state index in [1.807, 2.05) is 27.7 Å². The lowest BCUT2D eigenvalue weighted by atomic mass is 10.1. The predicted octanol–water partition coefficient (Wildman–Crippen LogP) is 2.11. The van der Waals surface area contributed by atoms with Crippen LogP contribution in [0.1, 0.15) is 47.0 Å². The zero-order valence-corrected chi connectivity index (χ0v) is 14.8. The van der Waals surface area contributed by atoms with Crippen molar-refractivity contribution < 1.29 is 19.1 Å². The summed E-state index contributed by atoms with van der Waals surface area (Å²) in [4.78, 5) is 25.7. The number of piperidine rings is 1. The van der Waals surface area contributed by atoms with Gasteiger partial charge in [0, 0.05) is 38.9 Å². The largest absolute Gasteiger partial charge is 0.444 e. The third-order valence-electron chi connectivity index (χ3n) is 3.38. The molecule has 1 aliphatic heterocycles. The molecule has 2 N–H and O–H groups in total. The van der Waals surface area contributed by atoms with Gasteiger partial charge in [0.2, 0.25) is 0 Å². The van der Waals surface area contributed by atoms with Gasteiger partial charge in [-0.15, -0.1) is 0 Å². The summed E-state index contributed by atoms with van der Waals surface area (Å²) in [7, 11) is 0. The van der Waals surface area contributed by atoms with Gasteiger partial charge in [0.05, 0.1) is 0 Å². The molecule has 1 saturated heterocycles. The van der Waals surface area contributed by atoms with Crippen molar-refractivity contribution in [1.29, 1.82) is 0 Å². The molecule has 0 spiro atoms. The number of urea groups is 1. The van der Waals surface area contributed by atoms with E-state index in [2.05, 4.69) is 10.6 Å². The fraction of sp³-hybridized carbons (Fsp3) is 0.875. The summed E-state index contributed by atoms with van der Waals surface area (Å²) < 4.78 is 10.5. The van der Waals surface area contributed by atoms with Gasteiger partial charge in [0.1, 0.15) is 5.60 Å². The molecule has 1 fully saturated rings. The van der Waals surface area contributed by atoms with Crippen LogP contribution >= 0.6 is 0 Å². The highest BCUT2D eigenvalue weighted by atomic mass is 16.6. The van der Waals surface area contributed by atoms with Crippen molar-refractivity contribution in [3.05, 3.63) is 0 Å². The molecule has 0 aromatic carbocycles. The van der Waals surface area contributed by atoms with Crippen molar-refractivity contribution in [3.8, 4) is 0 Å². The Morgan fingerprint density at radius 2 is 2.04 bits per heavy atom. The van der Waals surface area contributed by atoms with Crippen LogP contribution in [0.2, 0.25) is 0 Å². The van der Waals surface area contributed by atoms with Crippen LogP contribution in [0, 0.1) is 0 Å². The fourth-order valence-electron chi connectivity index (χ4n) is 2.38. The van der Waals surface area contributed by atoms with Crippen LogP contribution in [-0.4, -0.2) is 61.5 Å². The first-order valence-electron chi connectivity index (χ1n) is 8.42. The van der Waals surface area contributed by atoms with E-state index in [4.69, 9.17) is 9.47 Å². The second kappa shape index (κ2) is 9.60. The van der Waals surface area contributed by atoms with Gasteiger partial charge in [0.15, 0.2) is 0 Å². The number of hydrogen-bond acceptors (Lipinski definition) is 4. The SMILES string of the molecule is CCOCCCNC(=O)N1CCC[C@@H](NC(=O)OC(C)(C)C)C1. The van der Waals surface area contributed by atoms with Gasteiger partial charge >= 0.3 is 12.1 Å². The summed E-state index contributed by atoms with van der Waals surface area (Å²) in [6.07, 6.45) is 2.09. The van der Waals surface area contributed by atoms with E-state index in [1.165, 1.54) is 0 Å². The van der Waals surface area contributed by atoms with Crippen LogP contribution in [0.3, 0.4) is 0 Å². The summed E-state index contributed by atoms with van der Waals surface area (Å²) in [5.74, 6) is 0. The molecule has 1 atom stereocenters. The standard InChI is InChI=1S/C16H31N3O4/c1-5-22-11-7-9-17-14(20)19-10-6-8-13(12-19)18-15(21)23-16(2,3)4/h13H,5-12H2,1-4H3,(H,17,20)(H,18,21)/t13-/m1/s1. The van der Waals surface area contributed by atoms with Gasteiger partial charge < -0.3 is 25.0 Å². The Balaban J connectivity index is 2.30. The Bertz CT molecular complexity index is 382. The lowest BCUT2D eigenvalue weighted by Crippen LogP contribution is -2.53. The number of carbonyl (C=O) groups is 2. The molecule has 7 heteroatoms. The van der Waals surface area contributed by atoms with Gasteiger partial charge in [-0.3, -0.25) is 0 Å². The number of nitrogens with one attached hydrogen (secondary N) is 2. The number of nitrogens with zero attached hydrogens (tertiary/aromatic N) is 1. The van der Waals surface area contributed by atoms with E-state index in [0.29, 0.717) is 32.8 Å². The van der Waals surface area contributed by atoms with E-state index in [1.54, 1.807) is 4.90 Å². The maximum absolute atomic E-state index is 12.1. The Kier molecular flexibility index (Phi) is 8.16. The van der Waals surface area contributed by atoms with E-state index in [0.717, 1.165) is 19.3 Å². The van der Waals surface area contributed by atoms with Crippen molar-refractivity contribution in [2.45, 2.75) is 58.6 Å². The second-order valence-corrected chi connectivity index (χ2v) is 6.71.